The molecule has 0 radical (unpaired) electrons. The molecule has 0 aliphatic rings. The van der Waals surface area contributed by atoms with Crippen molar-refractivity contribution in [2.24, 2.45) is 0 Å². The quantitative estimate of drug-likeness (QED) is 0.655. The van der Waals surface area contributed by atoms with Crippen LogP contribution in [0.1, 0.15) is 12.5 Å². The zero-order valence-corrected chi connectivity index (χ0v) is 12.6. The van der Waals surface area contributed by atoms with E-state index < -0.39 is 5.91 Å². The molecular formula is C18H16N2O3. The van der Waals surface area contributed by atoms with Gasteiger partial charge in [-0.1, -0.05) is 24.3 Å². The van der Waals surface area contributed by atoms with Gasteiger partial charge in [0.25, 0.3) is 5.91 Å². The van der Waals surface area contributed by atoms with Gasteiger partial charge in [0.2, 0.25) is 0 Å². The highest BCUT2D eigenvalue weighted by atomic mass is 16.5. The molecule has 0 aliphatic carbocycles. The molecule has 0 aliphatic heterocycles. The van der Waals surface area contributed by atoms with Crippen molar-refractivity contribution in [3.63, 3.8) is 0 Å². The molecule has 0 spiro atoms. The van der Waals surface area contributed by atoms with Gasteiger partial charge in [0.05, 0.1) is 6.61 Å². The molecule has 116 valence electrons. The summed E-state index contributed by atoms with van der Waals surface area (Å²) in [6.07, 6.45) is 1.44. The Morgan fingerprint density at radius 1 is 1.30 bits per heavy atom. The number of benzene rings is 2. The summed E-state index contributed by atoms with van der Waals surface area (Å²) in [6.45, 7) is 2.20. The highest BCUT2D eigenvalue weighted by Gasteiger charge is 2.10. The monoisotopic (exact) mass is 308 g/mol. The van der Waals surface area contributed by atoms with Crippen molar-refractivity contribution in [1.82, 2.24) is 0 Å². The minimum atomic E-state index is -0.496. The predicted molar refractivity (Wildman–Crippen MR) is 87.9 cm³/mol. The molecule has 0 unspecified atom stereocenters. The average molecular weight is 308 g/mol. The number of hydrogen-bond acceptors (Lipinski definition) is 4. The maximum Gasteiger partial charge on any atom is 0.266 e. The normalized spacial score (nSPS) is 10.7. The first-order valence-electron chi connectivity index (χ1n) is 7.08. The van der Waals surface area contributed by atoms with Gasteiger partial charge in [0, 0.05) is 5.69 Å². The highest BCUT2D eigenvalue weighted by Crippen LogP contribution is 2.27. The number of phenolic OH excluding ortho intramolecular Hbond substituents is 1. The second kappa shape index (κ2) is 7.66. The Morgan fingerprint density at radius 2 is 2.04 bits per heavy atom. The van der Waals surface area contributed by atoms with Gasteiger partial charge < -0.3 is 15.2 Å². The molecule has 2 aromatic rings. The summed E-state index contributed by atoms with van der Waals surface area (Å²) < 4.78 is 5.29. The zero-order valence-electron chi connectivity index (χ0n) is 12.6. The number of carbonyl (C=O) groups excluding carboxylic acids is 1. The number of hydrogen-bond donors (Lipinski definition) is 2. The Balaban J connectivity index is 2.23. The van der Waals surface area contributed by atoms with Crippen LogP contribution in [0.3, 0.4) is 0 Å². The number of phenols is 1. The molecule has 0 atom stereocenters. The van der Waals surface area contributed by atoms with Gasteiger partial charge in [-0.2, -0.15) is 5.26 Å². The molecule has 0 fully saturated rings. The Morgan fingerprint density at radius 3 is 2.70 bits per heavy atom. The maximum atomic E-state index is 12.1. The Kier molecular flexibility index (Phi) is 5.37. The van der Waals surface area contributed by atoms with Crippen molar-refractivity contribution in [1.29, 1.82) is 5.26 Å². The van der Waals surface area contributed by atoms with Gasteiger partial charge in [-0.15, -0.1) is 0 Å². The number of para-hydroxylation sites is 1. The SMILES string of the molecule is CCOc1cc(C=C(C#N)C(=O)Nc2ccccc2)ccc1O. The standard InChI is InChI=1S/C18H16N2O3/c1-2-23-17-11-13(8-9-16(17)21)10-14(12-19)18(22)20-15-6-4-3-5-7-15/h3-11,21H,2H2,1H3,(H,20,22). The molecule has 1 amide bonds. The van der Waals surface area contributed by atoms with Crippen molar-refractivity contribution in [2.45, 2.75) is 6.92 Å². The predicted octanol–water partition coefficient (Wildman–Crippen LogP) is 3.34. The molecule has 5 heteroatoms. The lowest BCUT2D eigenvalue weighted by molar-refractivity contribution is -0.112. The Labute approximate surface area is 134 Å². The van der Waals surface area contributed by atoms with Crippen molar-refractivity contribution in [3.05, 3.63) is 59.7 Å². The molecule has 5 nitrogen and oxygen atoms in total. The van der Waals surface area contributed by atoms with Gasteiger partial charge in [-0.3, -0.25) is 4.79 Å². The molecule has 2 aromatic carbocycles. The van der Waals surface area contributed by atoms with Gasteiger partial charge >= 0.3 is 0 Å². The van der Waals surface area contributed by atoms with Crippen LogP contribution >= 0.6 is 0 Å². The maximum absolute atomic E-state index is 12.1. The average Bonchev–Trinajstić information content (AvgIpc) is 2.56. The third-order valence-corrected chi connectivity index (χ3v) is 2.99. The number of anilines is 1. The third kappa shape index (κ3) is 4.35. The van der Waals surface area contributed by atoms with Crippen molar-refractivity contribution >= 4 is 17.7 Å². The first-order chi connectivity index (χ1) is 11.1. The fourth-order valence-corrected chi connectivity index (χ4v) is 1.93. The van der Waals surface area contributed by atoms with E-state index in [1.165, 1.54) is 12.1 Å². The van der Waals surface area contributed by atoms with E-state index >= 15 is 0 Å². The Bertz CT molecular complexity index is 762. The van der Waals surface area contributed by atoms with E-state index in [0.29, 0.717) is 23.6 Å². The Hall–Kier alpha value is -3.26. The molecule has 2 N–H and O–H groups in total. The lowest BCUT2D eigenvalue weighted by atomic mass is 10.1. The number of aromatic hydroxyl groups is 1. The first-order valence-corrected chi connectivity index (χ1v) is 7.08. The van der Waals surface area contributed by atoms with Gasteiger partial charge in [-0.05, 0) is 42.8 Å². The van der Waals surface area contributed by atoms with E-state index in [-0.39, 0.29) is 11.3 Å². The van der Waals surface area contributed by atoms with Gasteiger partial charge in [0.15, 0.2) is 11.5 Å². The summed E-state index contributed by atoms with van der Waals surface area (Å²) >= 11 is 0. The number of ether oxygens (including phenoxy) is 1. The van der Waals surface area contributed by atoms with E-state index in [4.69, 9.17) is 4.74 Å². The van der Waals surface area contributed by atoms with Gasteiger partial charge in [0.1, 0.15) is 11.6 Å². The highest BCUT2D eigenvalue weighted by molar-refractivity contribution is 6.09. The number of nitrogens with one attached hydrogen (secondary N) is 1. The lowest BCUT2D eigenvalue weighted by Crippen LogP contribution is -2.13. The molecular weight excluding hydrogens is 292 g/mol. The molecule has 0 aromatic heterocycles. The van der Waals surface area contributed by atoms with Crippen LogP contribution in [0.4, 0.5) is 5.69 Å². The summed E-state index contributed by atoms with van der Waals surface area (Å²) in [4.78, 5) is 12.1. The molecule has 0 saturated carbocycles. The largest absolute Gasteiger partial charge is 0.504 e. The number of nitriles is 1. The van der Waals surface area contributed by atoms with Crippen LogP contribution in [-0.4, -0.2) is 17.6 Å². The van der Waals surface area contributed by atoms with Crippen LogP contribution in [0.2, 0.25) is 0 Å². The fraction of sp³-hybridized carbons (Fsp3) is 0.111. The fourth-order valence-electron chi connectivity index (χ4n) is 1.93. The van der Waals surface area contributed by atoms with Crippen LogP contribution < -0.4 is 10.1 Å². The van der Waals surface area contributed by atoms with Gasteiger partial charge in [-0.25, -0.2) is 0 Å². The van der Waals surface area contributed by atoms with Crippen molar-refractivity contribution < 1.29 is 14.6 Å². The third-order valence-electron chi connectivity index (χ3n) is 2.99. The number of rotatable bonds is 5. The summed E-state index contributed by atoms with van der Waals surface area (Å²) in [6, 6.07) is 15.4. The van der Waals surface area contributed by atoms with Crippen molar-refractivity contribution in [2.75, 3.05) is 11.9 Å². The van der Waals surface area contributed by atoms with Crippen LogP contribution in [0, 0.1) is 11.3 Å². The lowest BCUT2D eigenvalue weighted by Gasteiger charge is -2.07. The summed E-state index contributed by atoms with van der Waals surface area (Å²) in [5, 5.41) is 21.5. The minimum Gasteiger partial charge on any atom is -0.504 e. The summed E-state index contributed by atoms with van der Waals surface area (Å²) in [5.74, 6) is -0.178. The van der Waals surface area contributed by atoms with Crippen LogP contribution in [0.5, 0.6) is 11.5 Å². The minimum absolute atomic E-state index is 0.0104. The summed E-state index contributed by atoms with van der Waals surface area (Å²) in [5.41, 5.74) is 1.16. The second-order valence-electron chi connectivity index (χ2n) is 4.65. The number of amides is 1. The van der Waals surface area contributed by atoms with E-state index in [0.717, 1.165) is 0 Å². The molecule has 23 heavy (non-hydrogen) atoms. The van der Waals surface area contributed by atoms with Crippen LogP contribution in [0.15, 0.2) is 54.1 Å². The molecule has 0 saturated heterocycles. The smallest absolute Gasteiger partial charge is 0.266 e. The van der Waals surface area contributed by atoms with Crippen molar-refractivity contribution in [3.8, 4) is 17.6 Å². The van der Waals surface area contributed by atoms with E-state index in [2.05, 4.69) is 5.32 Å². The molecule has 2 rings (SSSR count). The zero-order chi connectivity index (χ0) is 16.7. The van der Waals surface area contributed by atoms with E-state index in [9.17, 15) is 15.2 Å². The van der Waals surface area contributed by atoms with Crippen LogP contribution in [-0.2, 0) is 4.79 Å². The van der Waals surface area contributed by atoms with E-state index in [1.54, 1.807) is 43.3 Å². The molecule has 0 bridgehead atoms. The first kappa shape index (κ1) is 16.1. The van der Waals surface area contributed by atoms with E-state index in [1.807, 2.05) is 12.1 Å². The summed E-state index contributed by atoms with van der Waals surface area (Å²) in [7, 11) is 0. The molecule has 0 heterocycles. The number of carbonyl (C=O) groups is 1. The van der Waals surface area contributed by atoms with Crippen LogP contribution in [0.25, 0.3) is 6.08 Å². The topological polar surface area (TPSA) is 82.3 Å². The number of nitrogens with zero attached hydrogens (tertiary/aromatic N) is 1. The second-order valence-corrected chi connectivity index (χ2v) is 4.65.